The van der Waals surface area contributed by atoms with Crippen LogP contribution in [0.25, 0.3) is 0 Å². The first-order chi connectivity index (χ1) is 13.6. The highest BCUT2D eigenvalue weighted by Crippen LogP contribution is 2.19. The van der Waals surface area contributed by atoms with Crippen LogP contribution in [0.3, 0.4) is 0 Å². The first-order valence-corrected chi connectivity index (χ1v) is 9.32. The number of nitrogens with zero attached hydrogens (tertiary/aromatic N) is 1. The summed E-state index contributed by atoms with van der Waals surface area (Å²) >= 11 is 0. The Kier molecular flexibility index (Phi) is 11.1. The SMILES string of the molecule is CN=C(NCCc1ccc(C(=O)OC)cc1)NCCc1cc(C)ccc1OC.I. The number of carbonyl (C=O) groups excluding carboxylic acids is 1. The number of aliphatic imine (C=N–C) groups is 1. The van der Waals surface area contributed by atoms with Crippen LogP contribution < -0.4 is 15.4 Å². The molecule has 0 aliphatic heterocycles. The number of hydrogen-bond acceptors (Lipinski definition) is 4. The van der Waals surface area contributed by atoms with E-state index in [0.29, 0.717) is 5.56 Å². The lowest BCUT2D eigenvalue weighted by atomic mass is 10.1. The van der Waals surface area contributed by atoms with E-state index in [0.717, 1.165) is 43.2 Å². The molecule has 2 aromatic rings. The first kappa shape index (κ1) is 24.7. The van der Waals surface area contributed by atoms with Gasteiger partial charge in [-0.25, -0.2) is 4.79 Å². The minimum absolute atomic E-state index is 0. The summed E-state index contributed by atoms with van der Waals surface area (Å²) in [6.07, 6.45) is 1.67. The summed E-state index contributed by atoms with van der Waals surface area (Å²) in [6.45, 7) is 3.58. The third-order valence-corrected chi connectivity index (χ3v) is 4.43. The third kappa shape index (κ3) is 7.92. The van der Waals surface area contributed by atoms with Crippen molar-refractivity contribution in [3.8, 4) is 5.75 Å². The minimum Gasteiger partial charge on any atom is -0.496 e. The summed E-state index contributed by atoms with van der Waals surface area (Å²) in [5.74, 6) is 1.35. The normalized spacial score (nSPS) is 10.7. The van der Waals surface area contributed by atoms with E-state index in [9.17, 15) is 4.79 Å². The van der Waals surface area contributed by atoms with Crippen LogP contribution in [0.5, 0.6) is 5.75 Å². The number of halogens is 1. The Morgan fingerprint density at radius 2 is 1.66 bits per heavy atom. The van der Waals surface area contributed by atoms with Crippen LogP contribution in [0.15, 0.2) is 47.5 Å². The molecule has 7 heteroatoms. The highest BCUT2D eigenvalue weighted by Gasteiger charge is 2.06. The van der Waals surface area contributed by atoms with Crippen LogP contribution in [0.1, 0.15) is 27.0 Å². The summed E-state index contributed by atoms with van der Waals surface area (Å²) in [7, 11) is 4.83. The molecule has 0 atom stereocenters. The maximum atomic E-state index is 11.5. The van der Waals surface area contributed by atoms with Gasteiger partial charge in [-0.2, -0.15) is 0 Å². The van der Waals surface area contributed by atoms with Crippen LogP contribution >= 0.6 is 24.0 Å². The molecule has 0 aromatic heterocycles. The molecule has 0 saturated heterocycles. The van der Waals surface area contributed by atoms with Gasteiger partial charge in [-0.3, -0.25) is 4.99 Å². The van der Waals surface area contributed by atoms with Crippen LogP contribution in [0, 0.1) is 6.92 Å². The molecule has 29 heavy (non-hydrogen) atoms. The molecule has 0 aliphatic carbocycles. The summed E-state index contributed by atoms with van der Waals surface area (Å²) in [5, 5.41) is 6.64. The van der Waals surface area contributed by atoms with Crippen molar-refractivity contribution in [1.82, 2.24) is 10.6 Å². The molecule has 0 aliphatic rings. The average Bonchev–Trinajstić information content (AvgIpc) is 2.72. The summed E-state index contributed by atoms with van der Waals surface area (Å²) in [4.78, 5) is 15.7. The Labute approximate surface area is 190 Å². The number of hydrogen-bond donors (Lipinski definition) is 2. The summed E-state index contributed by atoms with van der Waals surface area (Å²) < 4.78 is 10.1. The van der Waals surface area contributed by atoms with Gasteiger partial charge in [-0.15, -0.1) is 24.0 Å². The Hall–Kier alpha value is -2.29. The number of nitrogens with one attached hydrogen (secondary N) is 2. The molecule has 0 radical (unpaired) electrons. The van der Waals surface area contributed by atoms with Gasteiger partial charge in [0.2, 0.25) is 0 Å². The lowest BCUT2D eigenvalue weighted by Gasteiger charge is -2.13. The molecule has 2 rings (SSSR count). The lowest BCUT2D eigenvalue weighted by Crippen LogP contribution is -2.39. The molecule has 0 unspecified atom stereocenters. The van der Waals surface area contributed by atoms with Crippen molar-refractivity contribution < 1.29 is 14.3 Å². The first-order valence-electron chi connectivity index (χ1n) is 9.32. The van der Waals surface area contributed by atoms with Crippen LogP contribution in [0.2, 0.25) is 0 Å². The molecule has 0 spiro atoms. The predicted molar refractivity (Wildman–Crippen MR) is 128 cm³/mol. The largest absolute Gasteiger partial charge is 0.496 e. The van der Waals surface area contributed by atoms with Gasteiger partial charge in [-0.1, -0.05) is 29.8 Å². The molecule has 6 nitrogen and oxygen atoms in total. The molecule has 0 fully saturated rings. The Bertz CT molecular complexity index is 807. The van der Waals surface area contributed by atoms with Crippen LogP contribution in [-0.2, 0) is 17.6 Å². The van der Waals surface area contributed by atoms with E-state index in [2.05, 4.69) is 28.6 Å². The number of esters is 1. The van der Waals surface area contributed by atoms with Crippen molar-refractivity contribution in [2.45, 2.75) is 19.8 Å². The maximum Gasteiger partial charge on any atom is 0.337 e. The summed E-state index contributed by atoms with van der Waals surface area (Å²) in [6, 6.07) is 13.6. The average molecular weight is 511 g/mol. The lowest BCUT2D eigenvalue weighted by molar-refractivity contribution is 0.0600. The number of guanidine groups is 1. The zero-order valence-electron chi connectivity index (χ0n) is 17.5. The number of carbonyl (C=O) groups is 1. The van der Waals surface area contributed by atoms with Crippen molar-refractivity contribution >= 4 is 35.9 Å². The minimum atomic E-state index is -0.320. The Morgan fingerprint density at radius 1 is 1.00 bits per heavy atom. The van der Waals surface area contributed by atoms with Crippen LogP contribution in [-0.4, -0.2) is 46.3 Å². The maximum absolute atomic E-state index is 11.5. The number of benzene rings is 2. The van der Waals surface area contributed by atoms with Gasteiger partial charge in [0, 0.05) is 20.1 Å². The highest BCUT2D eigenvalue weighted by atomic mass is 127. The van der Waals surface area contributed by atoms with Gasteiger partial charge < -0.3 is 20.1 Å². The van der Waals surface area contributed by atoms with Crippen molar-refractivity contribution in [2.75, 3.05) is 34.4 Å². The number of methoxy groups -OCH3 is 2. The van der Waals surface area contributed by atoms with E-state index >= 15 is 0 Å². The molecule has 158 valence electrons. The third-order valence-electron chi connectivity index (χ3n) is 4.43. The smallest absolute Gasteiger partial charge is 0.337 e. The fourth-order valence-corrected chi connectivity index (χ4v) is 2.89. The molecule has 0 bridgehead atoms. The standard InChI is InChI=1S/C22H29N3O3.HI/c1-16-5-10-20(27-3)19(15-16)12-14-25-22(23-2)24-13-11-17-6-8-18(9-7-17)21(26)28-4;/h5-10,15H,11-14H2,1-4H3,(H2,23,24,25);1H. The van der Waals surface area contributed by atoms with Gasteiger partial charge in [0.1, 0.15) is 5.75 Å². The zero-order valence-corrected chi connectivity index (χ0v) is 19.8. The van der Waals surface area contributed by atoms with E-state index in [4.69, 9.17) is 9.47 Å². The van der Waals surface area contributed by atoms with Crippen molar-refractivity contribution in [2.24, 2.45) is 4.99 Å². The molecular formula is C22H30IN3O3. The van der Waals surface area contributed by atoms with Gasteiger partial charge in [-0.05, 0) is 49.1 Å². The summed E-state index contributed by atoms with van der Waals surface area (Å²) in [5.41, 5.74) is 4.09. The topological polar surface area (TPSA) is 72.0 Å². The fourth-order valence-electron chi connectivity index (χ4n) is 2.89. The zero-order chi connectivity index (χ0) is 20.4. The number of ether oxygens (including phenoxy) is 2. The van der Waals surface area contributed by atoms with E-state index in [1.165, 1.54) is 18.2 Å². The van der Waals surface area contributed by atoms with E-state index < -0.39 is 0 Å². The molecule has 0 saturated carbocycles. The Morgan fingerprint density at radius 3 is 2.24 bits per heavy atom. The second kappa shape index (κ2) is 13.0. The highest BCUT2D eigenvalue weighted by molar-refractivity contribution is 14.0. The molecule has 2 N–H and O–H groups in total. The molecule has 0 heterocycles. The molecular weight excluding hydrogens is 481 g/mol. The van der Waals surface area contributed by atoms with Gasteiger partial charge in [0.15, 0.2) is 5.96 Å². The monoisotopic (exact) mass is 511 g/mol. The number of aryl methyl sites for hydroxylation is 1. The predicted octanol–water partition coefficient (Wildman–Crippen LogP) is 3.36. The second-order valence-electron chi connectivity index (χ2n) is 6.43. The number of rotatable bonds is 8. The fraction of sp³-hybridized carbons (Fsp3) is 0.364. The van der Waals surface area contributed by atoms with Gasteiger partial charge in [0.25, 0.3) is 0 Å². The molecule has 2 aromatic carbocycles. The van der Waals surface area contributed by atoms with Crippen LogP contribution in [0.4, 0.5) is 0 Å². The van der Waals surface area contributed by atoms with Crippen molar-refractivity contribution in [3.05, 3.63) is 64.7 Å². The van der Waals surface area contributed by atoms with Crippen molar-refractivity contribution in [1.29, 1.82) is 0 Å². The quantitative estimate of drug-likeness (QED) is 0.246. The van der Waals surface area contributed by atoms with E-state index in [1.54, 1.807) is 26.3 Å². The molecule has 0 amide bonds. The van der Waals surface area contributed by atoms with E-state index in [-0.39, 0.29) is 29.9 Å². The van der Waals surface area contributed by atoms with Gasteiger partial charge >= 0.3 is 5.97 Å². The second-order valence-corrected chi connectivity index (χ2v) is 6.43. The van der Waals surface area contributed by atoms with Gasteiger partial charge in [0.05, 0.1) is 19.8 Å². The van der Waals surface area contributed by atoms with Crippen molar-refractivity contribution in [3.63, 3.8) is 0 Å². The Balaban J connectivity index is 0.00000420. The van der Waals surface area contributed by atoms with E-state index in [1.807, 2.05) is 24.3 Å².